The van der Waals surface area contributed by atoms with Crippen LogP contribution in [0.25, 0.3) is 11.1 Å². The lowest BCUT2D eigenvalue weighted by Gasteiger charge is -2.17. The largest absolute Gasteiger partial charge is 0.330 e. The van der Waals surface area contributed by atoms with Crippen LogP contribution < -0.4 is 16.4 Å². The highest BCUT2D eigenvalue weighted by Gasteiger charge is 2.12. The van der Waals surface area contributed by atoms with Gasteiger partial charge in [-0.25, -0.2) is 4.79 Å². The summed E-state index contributed by atoms with van der Waals surface area (Å²) in [5.41, 5.74) is 8.77. The molecule has 0 saturated heterocycles. The van der Waals surface area contributed by atoms with Crippen molar-refractivity contribution in [3.63, 3.8) is 0 Å². The van der Waals surface area contributed by atoms with E-state index >= 15 is 0 Å². The first-order valence-corrected chi connectivity index (χ1v) is 6.60. The van der Waals surface area contributed by atoms with Crippen LogP contribution in [0.2, 0.25) is 0 Å². The Bertz CT molecular complexity index is 597. The summed E-state index contributed by atoms with van der Waals surface area (Å²) in [5, 5.41) is 4.67. The molecule has 3 amide bonds. The van der Waals surface area contributed by atoms with E-state index in [1.165, 1.54) is 0 Å². The third-order valence-corrected chi connectivity index (χ3v) is 3.15. The maximum Gasteiger partial charge on any atom is 0.321 e. The van der Waals surface area contributed by atoms with Gasteiger partial charge in [-0.15, -0.1) is 0 Å². The van der Waals surface area contributed by atoms with Crippen molar-refractivity contribution in [3.8, 4) is 11.1 Å². The van der Waals surface area contributed by atoms with Crippen LogP contribution in [0.5, 0.6) is 0 Å². The topological polar surface area (TPSA) is 84.2 Å². The van der Waals surface area contributed by atoms with Gasteiger partial charge in [-0.05, 0) is 16.7 Å². The summed E-state index contributed by atoms with van der Waals surface area (Å²) < 4.78 is 0. The Morgan fingerprint density at radius 1 is 1.05 bits per heavy atom. The Morgan fingerprint density at radius 3 is 2.24 bits per heavy atom. The number of rotatable bonds is 5. The van der Waals surface area contributed by atoms with Crippen molar-refractivity contribution in [1.82, 2.24) is 10.6 Å². The lowest BCUT2D eigenvalue weighted by atomic mass is 10.0. The second-order valence-corrected chi connectivity index (χ2v) is 4.51. The van der Waals surface area contributed by atoms with Crippen molar-refractivity contribution < 1.29 is 9.59 Å². The van der Waals surface area contributed by atoms with Crippen molar-refractivity contribution >= 4 is 12.4 Å². The minimum absolute atomic E-state index is 0.247. The van der Waals surface area contributed by atoms with E-state index in [0.29, 0.717) is 6.41 Å². The normalized spacial score (nSPS) is 11.5. The van der Waals surface area contributed by atoms with E-state index in [2.05, 4.69) is 5.32 Å². The Balaban J connectivity index is 2.13. The summed E-state index contributed by atoms with van der Waals surface area (Å²) in [6.45, 7) is 0.247. The van der Waals surface area contributed by atoms with Crippen molar-refractivity contribution in [1.29, 1.82) is 0 Å². The molecule has 0 heterocycles. The summed E-state index contributed by atoms with van der Waals surface area (Å²) >= 11 is 0. The van der Waals surface area contributed by atoms with Crippen molar-refractivity contribution in [2.75, 3.05) is 6.54 Å². The number of urea groups is 1. The smallest absolute Gasteiger partial charge is 0.321 e. The molecule has 0 bridgehead atoms. The van der Waals surface area contributed by atoms with Gasteiger partial charge in [0.05, 0.1) is 6.04 Å². The third-order valence-electron chi connectivity index (χ3n) is 3.15. The monoisotopic (exact) mass is 283 g/mol. The fourth-order valence-corrected chi connectivity index (χ4v) is 2.07. The number of carbonyl (C=O) groups excluding carboxylic acids is 2. The lowest BCUT2D eigenvalue weighted by Crippen LogP contribution is -2.39. The van der Waals surface area contributed by atoms with E-state index in [9.17, 15) is 9.59 Å². The van der Waals surface area contributed by atoms with Gasteiger partial charge in [-0.1, -0.05) is 54.6 Å². The van der Waals surface area contributed by atoms with Gasteiger partial charge in [-0.2, -0.15) is 0 Å². The minimum Gasteiger partial charge on any atom is -0.330 e. The second kappa shape index (κ2) is 7.21. The zero-order valence-electron chi connectivity index (χ0n) is 11.5. The molecular weight excluding hydrogens is 266 g/mol. The molecule has 0 radical (unpaired) electrons. The number of imide groups is 1. The minimum atomic E-state index is -0.562. The summed E-state index contributed by atoms with van der Waals surface area (Å²) in [7, 11) is 0. The van der Waals surface area contributed by atoms with Crippen LogP contribution >= 0.6 is 0 Å². The highest BCUT2D eigenvalue weighted by atomic mass is 16.2. The van der Waals surface area contributed by atoms with Gasteiger partial charge in [0.2, 0.25) is 6.41 Å². The van der Waals surface area contributed by atoms with Gasteiger partial charge >= 0.3 is 6.03 Å². The number of hydrogen-bond acceptors (Lipinski definition) is 3. The van der Waals surface area contributed by atoms with Crippen LogP contribution in [0, 0.1) is 0 Å². The number of amides is 3. The van der Waals surface area contributed by atoms with Crippen molar-refractivity contribution in [2.45, 2.75) is 6.04 Å². The standard InChI is InChI=1S/C16H17N3O2/c17-10-15(19-16(21)18-11-20)14-8-6-13(7-9-14)12-4-2-1-3-5-12/h1-9,11,15H,10,17H2,(H2,18,19,20,21). The molecule has 0 aromatic heterocycles. The maximum absolute atomic E-state index is 11.4. The SMILES string of the molecule is NCC(NC(=O)NC=O)c1ccc(-c2ccccc2)cc1. The van der Waals surface area contributed by atoms with E-state index in [1.54, 1.807) is 0 Å². The first kappa shape index (κ1) is 14.7. The number of nitrogens with two attached hydrogens (primary N) is 1. The fourth-order valence-electron chi connectivity index (χ4n) is 2.07. The molecule has 2 aromatic carbocycles. The number of benzene rings is 2. The molecule has 0 aliphatic carbocycles. The van der Waals surface area contributed by atoms with Gasteiger partial charge in [-0.3, -0.25) is 10.1 Å². The van der Waals surface area contributed by atoms with E-state index in [0.717, 1.165) is 16.7 Å². The fraction of sp³-hybridized carbons (Fsp3) is 0.125. The molecule has 0 fully saturated rings. The number of carbonyl (C=O) groups is 2. The Hall–Kier alpha value is -2.66. The van der Waals surface area contributed by atoms with E-state index in [1.807, 2.05) is 59.9 Å². The second-order valence-electron chi connectivity index (χ2n) is 4.51. The maximum atomic E-state index is 11.4. The number of nitrogens with one attached hydrogen (secondary N) is 2. The molecule has 5 nitrogen and oxygen atoms in total. The molecule has 108 valence electrons. The molecule has 2 aromatic rings. The molecule has 0 aliphatic rings. The first-order valence-electron chi connectivity index (χ1n) is 6.60. The van der Waals surface area contributed by atoms with E-state index < -0.39 is 6.03 Å². The molecular formula is C16H17N3O2. The summed E-state index contributed by atoms with van der Waals surface area (Å²) in [5.74, 6) is 0. The zero-order chi connectivity index (χ0) is 15.1. The molecule has 0 saturated carbocycles. The quantitative estimate of drug-likeness (QED) is 0.732. The average molecular weight is 283 g/mol. The molecule has 21 heavy (non-hydrogen) atoms. The van der Waals surface area contributed by atoms with Crippen molar-refractivity contribution in [2.24, 2.45) is 5.73 Å². The van der Waals surface area contributed by atoms with E-state index in [4.69, 9.17) is 5.73 Å². The average Bonchev–Trinajstić information content (AvgIpc) is 2.54. The molecule has 0 spiro atoms. The van der Waals surface area contributed by atoms with Crippen LogP contribution in [0.15, 0.2) is 54.6 Å². The molecule has 1 unspecified atom stereocenters. The molecule has 4 N–H and O–H groups in total. The van der Waals surface area contributed by atoms with Crippen LogP contribution in [-0.2, 0) is 4.79 Å². The molecule has 1 atom stereocenters. The first-order chi connectivity index (χ1) is 10.2. The lowest BCUT2D eigenvalue weighted by molar-refractivity contribution is -0.108. The Kier molecular flexibility index (Phi) is 5.06. The molecule has 5 heteroatoms. The van der Waals surface area contributed by atoms with Gasteiger partial charge in [0.1, 0.15) is 0 Å². The van der Waals surface area contributed by atoms with Crippen LogP contribution in [0.3, 0.4) is 0 Å². The Morgan fingerprint density at radius 2 is 1.67 bits per heavy atom. The van der Waals surface area contributed by atoms with Crippen LogP contribution in [0.1, 0.15) is 11.6 Å². The highest BCUT2D eigenvalue weighted by molar-refractivity contribution is 5.84. The molecule has 2 rings (SSSR count). The summed E-state index contributed by atoms with van der Waals surface area (Å²) in [4.78, 5) is 21.6. The van der Waals surface area contributed by atoms with Crippen LogP contribution in [0.4, 0.5) is 4.79 Å². The van der Waals surface area contributed by atoms with Crippen molar-refractivity contribution in [3.05, 3.63) is 60.2 Å². The third kappa shape index (κ3) is 3.90. The highest BCUT2D eigenvalue weighted by Crippen LogP contribution is 2.21. The number of hydrogen-bond donors (Lipinski definition) is 3. The summed E-state index contributed by atoms with van der Waals surface area (Å²) in [6, 6.07) is 16.9. The van der Waals surface area contributed by atoms with Gasteiger partial charge in [0.25, 0.3) is 0 Å². The van der Waals surface area contributed by atoms with E-state index in [-0.39, 0.29) is 12.6 Å². The molecule has 0 aliphatic heterocycles. The van der Waals surface area contributed by atoms with Gasteiger partial charge in [0.15, 0.2) is 0 Å². The van der Waals surface area contributed by atoms with Gasteiger partial charge < -0.3 is 11.1 Å². The zero-order valence-corrected chi connectivity index (χ0v) is 11.5. The predicted molar refractivity (Wildman–Crippen MR) is 81.4 cm³/mol. The summed E-state index contributed by atoms with van der Waals surface area (Å²) in [6.07, 6.45) is 0.335. The van der Waals surface area contributed by atoms with Crippen LogP contribution in [-0.4, -0.2) is 19.0 Å². The Labute approximate surface area is 123 Å². The van der Waals surface area contributed by atoms with Gasteiger partial charge in [0, 0.05) is 6.54 Å². The predicted octanol–water partition coefficient (Wildman–Crippen LogP) is 1.81.